The highest BCUT2D eigenvalue weighted by molar-refractivity contribution is 6.13. The SMILES string of the molecule is COC1=CC(=C(O)c2cccc(C)c2)C(=[N+]([O-])[O-])C=C1OC. The van der Waals surface area contributed by atoms with Crippen LogP contribution in [0.5, 0.6) is 0 Å². The summed E-state index contributed by atoms with van der Waals surface area (Å²) in [6, 6.07) is 7.08. The molecule has 0 saturated carbocycles. The largest absolute Gasteiger partial charge is 0.612 e. The summed E-state index contributed by atoms with van der Waals surface area (Å²) in [7, 11) is 2.82. The van der Waals surface area contributed by atoms with Gasteiger partial charge in [0.1, 0.15) is 5.76 Å². The molecule has 0 heterocycles. The van der Waals surface area contributed by atoms with Gasteiger partial charge in [0.15, 0.2) is 11.5 Å². The third-order valence-corrected chi connectivity index (χ3v) is 3.25. The van der Waals surface area contributed by atoms with Gasteiger partial charge in [-0.3, -0.25) is 0 Å². The van der Waals surface area contributed by atoms with Crippen LogP contribution in [-0.2, 0) is 9.47 Å². The third-order valence-electron chi connectivity index (χ3n) is 3.25. The minimum absolute atomic E-state index is 0.0771. The lowest BCUT2D eigenvalue weighted by molar-refractivity contribution is -0.377. The van der Waals surface area contributed by atoms with Crippen LogP contribution < -0.4 is 0 Å². The van der Waals surface area contributed by atoms with Crippen molar-refractivity contribution in [1.82, 2.24) is 0 Å². The lowest BCUT2D eigenvalue weighted by Crippen LogP contribution is -2.18. The maximum Gasteiger partial charge on any atom is 0.237 e. The first-order chi connectivity index (χ1) is 10.5. The monoisotopic (exact) mass is 302 g/mol. The standard InChI is InChI=1S/C16H16NO5/c1-10-5-4-6-11(7-10)16(18)12-8-14(21-2)15(22-3)9-13(12)17(19)20/h4-9H,1-3H3,(H-,18,19,20)/q-1. The second kappa shape index (κ2) is 6.26. The van der Waals surface area contributed by atoms with Crippen LogP contribution in [0.1, 0.15) is 11.1 Å². The van der Waals surface area contributed by atoms with Crippen LogP contribution in [0.4, 0.5) is 0 Å². The molecule has 1 aromatic carbocycles. The molecule has 1 aromatic rings. The van der Waals surface area contributed by atoms with Gasteiger partial charge in [-0.15, -0.1) is 0 Å². The molecule has 0 fully saturated rings. The van der Waals surface area contributed by atoms with Gasteiger partial charge in [-0.05, 0) is 13.0 Å². The van der Waals surface area contributed by atoms with E-state index in [0.29, 0.717) is 11.3 Å². The average Bonchev–Trinajstić information content (AvgIpc) is 2.52. The van der Waals surface area contributed by atoms with Crippen molar-refractivity contribution >= 4 is 11.5 Å². The number of hydrogen-bond donors (Lipinski definition) is 1. The maximum atomic E-state index is 11.3. The van der Waals surface area contributed by atoms with Crippen molar-refractivity contribution in [2.24, 2.45) is 0 Å². The predicted octanol–water partition coefficient (Wildman–Crippen LogP) is 2.79. The van der Waals surface area contributed by atoms with Crippen LogP contribution in [-0.4, -0.2) is 29.9 Å². The highest BCUT2D eigenvalue weighted by atomic mass is 16.8. The number of hydrogen-bond acceptors (Lipinski definition) is 5. The molecule has 22 heavy (non-hydrogen) atoms. The number of benzene rings is 1. The molecule has 0 radical (unpaired) electrons. The first-order valence-electron chi connectivity index (χ1n) is 6.51. The number of methoxy groups -OCH3 is 2. The summed E-state index contributed by atoms with van der Waals surface area (Å²) in [6.07, 6.45) is 2.63. The highest BCUT2D eigenvalue weighted by Crippen LogP contribution is 2.27. The topological polar surface area (TPSA) is 87.8 Å². The molecule has 0 aliphatic heterocycles. The van der Waals surface area contributed by atoms with Crippen molar-refractivity contribution in [3.05, 3.63) is 75.1 Å². The number of aryl methyl sites for hydroxylation is 1. The van der Waals surface area contributed by atoms with E-state index in [1.807, 2.05) is 13.0 Å². The van der Waals surface area contributed by atoms with Gasteiger partial charge in [0.2, 0.25) is 5.71 Å². The molecule has 1 N–H and O–H groups in total. The van der Waals surface area contributed by atoms with Gasteiger partial charge in [-0.25, -0.2) is 0 Å². The Bertz CT molecular complexity index is 709. The van der Waals surface area contributed by atoms with Crippen LogP contribution in [0.15, 0.2) is 53.5 Å². The van der Waals surface area contributed by atoms with E-state index in [-0.39, 0.29) is 22.8 Å². The molecule has 1 aliphatic rings. The molecule has 0 amide bonds. The highest BCUT2D eigenvalue weighted by Gasteiger charge is 2.25. The Balaban J connectivity index is 2.65. The molecule has 0 saturated heterocycles. The number of rotatable bonds is 3. The van der Waals surface area contributed by atoms with Gasteiger partial charge in [-0.1, -0.05) is 23.8 Å². The zero-order valence-electron chi connectivity index (χ0n) is 12.5. The van der Waals surface area contributed by atoms with E-state index in [4.69, 9.17) is 9.47 Å². The lowest BCUT2D eigenvalue weighted by Gasteiger charge is -2.18. The summed E-state index contributed by atoms with van der Waals surface area (Å²) in [6.45, 7) is 1.87. The number of aliphatic hydroxyl groups excluding tert-OH is 1. The van der Waals surface area contributed by atoms with Crippen molar-refractivity contribution in [1.29, 1.82) is 0 Å². The molecule has 0 atom stereocenters. The quantitative estimate of drug-likeness (QED) is 0.527. The third kappa shape index (κ3) is 2.90. The van der Waals surface area contributed by atoms with E-state index in [2.05, 4.69) is 0 Å². The van der Waals surface area contributed by atoms with E-state index in [9.17, 15) is 15.5 Å². The number of allylic oxidation sites excluding steroid dienone is 3. The lowest BCUT2D eigenvalue weighted by atomic mass is 9.98. The summed E-state index contributed by atoms with van der Waals surface area (Å²) in [4.78, 5) is -0.566. The molecular formula is C16H16NO5-. The minimum atomic E-state index is -0.566. The minimum Gasteiger partial charge on any atom is -0.612 e. The molecule has 6 heteroatoms. The van der Waals surface area contributed by atoms with Crippen LogP contribution >= 0.6 is 0 Å². The number of aliphatic hydroxyl groups is 1. The Hall–Kier alpha value is -2.89. The fourth-order valence-corrected chi connectivity index (χ4v) is 2.16. The second-order valence-electron chi connectivity index (χ2n) is 4.70. The van der Waals surface area contributed by atoms with Crippen molar-refractivity contribution in [3.8, 4) is 0 Å². The molecular weight excluding hydrogens is 286 g/mol. The zero-order chi connectivity index (χ0) is 16.3. The Morgan fingerprint density at radius 3 is 2.27 bits per heavy atom. The molecule has 0 unspecified atom stereocenters. The Kier molecular flexibility index (Phi) is 4.41. The summed E-state index contributed by atoms with van der Waals surface area (Å²) in [5.41, 5.74) is 1.26. The van der Waals surface area contributed by atoms with Crippen LogP contribution in [0.25, 0.3) is 5.76 Å². The predicted molar refractivity (Wildman–Crippen MR) is 82.9 cm³/mol. The van der Waals surface area contributed by atoms with E-state index >= 15 is 0 Å². The Morgan fingerprint density at radius 1 is 1.09 bits per heavy atom. The van der Waals surface area contributed by atoms with Gasteiger partial charge in [0.05, 0.1) is 25.9 Å². The number of ether oxygens (including phenoxy) is 2. The molecule has 0 bridgehead atoms. The van der Waals surface area contributed by atoms with Crippen molar-refractivity contribution < 1.29 is 19.5 Å². The summed E-state index contributed by atoms with van der Waals surface area (Å²) >= 11 is 0. The van der Waals surface area contributed by atoms with Gasteiger partial charge in [0.25, 0.3) is 0 Å². The van der Waals surface area contributed by atoms with E-state index in [0.717, 1.165) is 5.56 Å². The molecule has 0 spiro atoms. The molecule has 2 rings (SSSR count). The van der Waals surface area contributed by atoms with E-state index < -0.39 is 4.90 Å². The van der Waals surface area contributed by atoms with Crippen molar-refractivity contribution in [2.45, 2.75) is 6.92 Å². The second-order valence-corrected chi connectivity index (χ2v) is 4.70. The van der Waals surface area contributed by atoms with Crippen LogP contribution in [0.2, 0.25) is 0 Å². The van der Waals surface area contributed by atoms with Gasteiger partial charge < -0.3 is 25.0 Å². The summed E-state index contributed by atoms with van der Waals surface area (Å²) < 4.78 is 10.2. The van der Waals surface area contributed by atoms with Crippen LogP contribution in [0, 0.1) is 17.3 Å². The van der Waals surface area contributed by atoms with Crippen molar-refractivity contribution in [3.63, 3.8) is 0 Å². The normalized spacial score (nSPS) is 16.6. The first kappa shape index (κ1) is 15.5. The average molecular weight is 302 g/mol. The number of nitrogens with zero attached hydrogens (tertiary/aromatic N) is 1. The van der Waals surface area contributed by atoms with Crippen LogP contribution in [0.3, 0.4) is 0 Å². The Labute approximate surface area is 128 Å². The van der Waals surface area contributed by atoms with Gasteiger partial charge in [0, 0.05) is 11.6 Å². The fraction of sp³-hybridized carbons (Fsp3) is 0.188. The fourth-order valence-electron chi connectivity index (χ4n) is 2.16. The summed E-state index contributed by atoms with van der Waals surface area (Å²) in [5, 5.41) is 33.0. The van der Waals surface area contributed by atoms with Gasteiger partial charge in [-0.2, -0.15) is 4.90 Å². The molecule has 116 valence electrons. The Morgan fingerprint density at radius 2 is 1.73 bits per heavy atom. The summed E-state index contributed by atoms with van der Waals surface area (Å²) in [5.74, 6) is 0.355. The van der Waals surface area contributed by atoms with E-state index in [1.165, 1.54) is 26.4 Å². The maximum absolute atomic E-state index is 11.3. The van der Waals surface area contributed by atoms with Gasteiger partial charge >= 0.3 is 0 Å². The van der Waals surface area contributed by atoms with E-state index in [1.54, 1.807) is 18.2 Å². The zero-order valence-corrected chi connectivity index (χ0v) is 12.5. The molecule has 1 aliphatic carbocycles. The first-order valence-corrected chi connectivity index (χ1v) is 6.51. The molecule has 6 nitrogen and oxygen atoms in total. The molecule has 0 aromatic heterocycles. The van der Waals surface area contributed by atoms with Crippen molar-refractivity contribution in [2.75, 3.05) is 14.2 Å². The smallest absolute Gasteiger partial charge is 0.237 e.